The number of hydrogen-bond donors (Lipinski definition) is 0. The molecule has 4 nitrogen and oxygen atoms in total. The first-order chi connectivity index (χ1) is 6.52. The van der Waals surface area contributed by atoms with Gasteiger partial charge in [0.1, 0.15) is 10.9 Å². The molecule has 14 heavy (non-hydrogen) atoms. The summed E-state index contributed by atoms with van der Waals surface area (Å²) in [6.07, 6.45) is 4.75. The van der Waals surface area contributed by atoms with E-state index in [0.717, 1.165) is 0 Å². The third kappa shape index (κ3) is 0.975. The van der Waals surface area contributed by atoms with Crippen LogP contribution in [0, 0.1) is 0 Å². The SMILES string of the molecule is CC1CC23C=CC(CC2S(=O)(=O)O1)O3. The van der Waals surface area contributed by atoms with Gasteiger partial charge in [-0.15, -0.1) is 0 Å². The van der Waals surface area contributed by atoms with E-state index in [0.29, 0.717) is 12.8 Å². The Labute approximate surface area is 83.0 Å². The molecule has 0 aliphatic carbocycles. The molecule has 0 aromatic rings. The monoisotopic (exact) mass is 216 g/mol. The molecule has 5 heteroatoms. The Morgan fingerprint density at radius 1 is 1.50 bits per heavy atom. The Hall–Kier alpha value is -0.390. The maximum atomic E-state index is 11.7. The van der Waals surface area contributed by atoms with Crippen LogP contribution in [0.3, 0.4) is 0 Å². The smallest absolute Gasteiger partial charge is 0.273 e. The van der Waals surface area contributed by atoms with Gasteiger partial charge in [0.2, 0.25) is 0 Å². The summed E-state index contributed by atoms with van der Waals surface area (Å²) in [7, 11) is -3.43. The standard InChI is InChI=1S/C9H12O4S/c1-6-5-9-3-2-7(12-9)4-8(9)14(10,11)13-6/h2-3,6-8H,4-5H2,1H3. The Balaban J connectivity index is 2.10. The molecule has 0 aromatic heterocycles. The van der Waals surface area contributed by atoms with Gasteiger partial charge in [0.15, 0.2) is 0 Å². The topological polar surface area (TPSA) is 52.6 Å². The fourth-order valence-electron chi connectivity index (χ4n) is 2.74. The van der Waals surface area contributed by atoms with Crippen molar-refractivity contribution in [1.29, 1.82) is 0 Å². The molecule has 0 amide bonds. The predicted molar refractivity (Wildman–Crippen MR) is 49.2 cm³/mol. The molecule has 3 heterocycles. The van der Waals surface area contributed by atoms with Crippen molar-refractivity contribution in [2.45, 2.75) is 42.8 Å². The van der Waals surface area contributed by atoms with Crippen LogP contribution in [0.2, 0.25) is 0 Å². The zero-order valence-corrected chi connectivity index (χ0v) is 8.66. The van der Waals surface area contributed by atoms with Crippen LogP contribution in [-0.4, -0.2) is 31.5 Å². The lowest BCUT2D eigenvalue weighted by atomic mass is 9.89. The van der Waals surface area contributed by atoms with Gasteiger partial charge in [0.25, 0.3) is 10.1 Å². The van der Waals surface area contributed by atoms with E-state index < -0.39 is 21.0 Å². The Morgan fingerprint density at radius 2 is 2.29 bits per heavy atom. The van der Waals surface area contributed by atoms with Gasteiger partial charge in [0.05, 0.1) is 12.2 Å². The van der Waals surface area contributed by atoms with E-state index in [1.54, 1.807) is 6.92 Å². The van der Waals surface area contributed by atoms with Crippen LogP contribution < -0.4 is 0 Å². The largest absolute Gasteiger partial charge is 0.362 e. The van der Waals surface area contributed by atoms with Crippen molar-refractivity contribution in [3.8, 4) is 0 Å². The predicted octanol–water partition coefficient (Wildman–Crippen LogP) is 0.591. The van der Waals surface area contributed by atoms with Crippen molar-refractivity contribution in [2.24, 2.45) is 0 Å². The molecule has 0 aromatic carbocycles. The van der Waals surface area contributed by atoms with Crippen molar-refractivity contribution < 1.29 is 17.3 Å². The average Bonchev–Trinajstić information content (AvgIpc) is 2.57. The molecule has 0 N–H and O–H groups in total. The second kappa shape index (κ2) is 2.40. The van der Waals surface area contributed by atoms with Gasteiger partial charge in [-0.2, -0.15) is 8.42 Å². The van der Waals surface area contributed by atoms with Gasteiger partial charge in [-0.3, -0.25) is 4.18 Å². The van der Waals surface area contributed by atoms with E-state index in [4.69, 9.17) is 8.92 Å². The molecule has 0 radical (unpaired) electrons. The lowest BCUT2D eigenvalue weighted by Gasteiger charge is -2.36. The van der Waals surface area contributed by atoms with Crippen LogP contribution >= 0.6 is 0 Å². The van der Waals surface area contributed by atoms with Crippen LogP contribution in [-0.2, 0) is 19.0 Å². The number of ether oxygens (including phenoxy) is 1. The molecule has 1 spiro atoms. The van der Waals surface area contributed by atoms with E-state index in [2.05, 4.69) is 0 Å². The molecular weight excluding hydrogens is 204 g/mol. The first-order valence-corrected chi connectivity index (χ1v) is 6.28. The van der Waals surface area contributed by atoms with Gasteiger partial charge >= 0.3 is 0 Å². The highest BCUT2D eigenvalue weighted by Gasteiger charge is 2.59. The first-order valence-electron chi connectivity index (χ1n) is 4.81. The molecule has 2 saturated heterocycles. The highest BCUT2D eigenvalue weighted by molar-refractivity contribution is 7.87. The third-order valence-electron chi connectivity index (χ3n) is 3.21. The summed E-state index contributed by atoms with van der Waals surface area (Å²) in [5, 5.41) is -0.485. The average molecular weight is 216 g/mol. The van der Waals surface area contributed by atoms with E-state index in [1.807, 2.05) is 12.2 Å². The van der Waals surface area contributed by atoms with E-state index >= 15 is 0 Å². The second-order valence-electron chi connectivity index (χ2n) is 4.30. The van der Waals surface area contributed by atoms with Crippen molar-refractivity contribution in [2.75, 3.05) is 0 Å². The minimum atomic E-state index is -3.43. The van der Waals surface area contributed by atoms with Crippen molar-refractivity contribution in [3.63, 3.8) is 0 Å². The summed E-state index contributed by atoms with van der Waals surface area (Å²) in [6, 6.07) is 0. The number of fused-ring (bicyclic) bond motifs is 1. The fraction of sp³-hybridized carbons (Fsp3) is 0.778. The Bertz CT molecular complexity index is 399. The molecule has 2 fully saturated rings. The minimum Gasteiger partial charge on any atom is -0.362 e. The molecule has 4 atom stereocenters. The van der Waals surface area contributed by atoms with Crippen LogP contribution in [0.1, 0.15) is 19.8 Å². The van der Waals surface area contributed by atoms with Crippen molar-refractivity contribution >= 4 is 10.1 Å². The second-order valence-corrected chi connectivity index (χ2v) is 6.05. The number of rotatable bonds is 0. The summed E-state index contributed by atoms with van der Waals surface area (Å²) in [4.78, 5) is 0. The lowest BCUT2D eigenvalue weighted by Crippen LogP contribution is -2.50. The van der Waals surface area contributed by atoms with Gasteiger partial charge in [-0.1, -0.05) is 12.2 Å². The molecule has 2 bridgehead atoms. The van der Waals surface area contributed by atoms with Gasteiger partial charge in [-0.25, -0.2) is 0 Å². The molecule has 3 rings (SSSR count). The van der Waals surface area contributed by atoms with Crippen LogP contribution in [0.4, 0.5) is 0 Å². The van der Waals surface area contributed by atoms with Crippen molar-refractivity contribution in [3.05, 3.63) is 12.2 Å². The maximum Gasteiger partial charge on any atom is 0.273 e. The van der Waals surface area contributed by atoms with E-state index in [1.165, 1.54) is 0 Å². The molecular formula is C9H12O4S. The molecule has 3 aliphatic heterocycles. The Morgan fingerprint density at radius 3 is 3.00 bits per heavy atom. The normalized spacial score (nSPS) is 53.4. The van der Waals surface area contributed by atoms with Crippen LogP contribution in [0.25, 0.3) is 0 Å². The lowest BCUT2D eigenvalue weighted by molar-refractivity contribution is -0.00830. The highest BCUT2D eigenvalue weighted by atomic mass is 32.2. The minimum absolute atomic E-state index is 0.0244. The summed E-state index contributed by atoms with van der Waals surface area (Å²) < 4.78 is 34.1. The maximum absolute atomic E-state index is 11.7. The fourth-order valence-corrected chi connectivity index (χ4v) is 4.54. The third-order valence-corrected chi connectivity index (χ3v) is 5.09. The van der Waals surface area contributed by atoms with Crippen LogP contribution in [0.5, 0.6) is 0 Å². The molecule has 3 aliphatic rings. The summed E-state index contributed by atoms with van der Waals surface area (Å²) in [5.74, 6) is 0. The van der Waals surface area contributed by atoms with E-state index in [-0.39, 0.29) is 12.2 Å². The zero-order valence-electron chi connectivity index (χ0n) is 7.84. The summed E-state index contributed by atoms with van der Waals surface area (Å²) in [6.45, 7) is 1.77. The summed E-state index contributed by atoms with van der Waals surface area (Å²) >= 11 is 0. The highest BCUT2D eigenvalue weighted by Crippen LogP contribution is 2.48. The quantitative estimate of drug-likeness (QED) is 0.439. The number of hydrogen-bond acceptors (Lipinski definition) is 4. The summed E-state index contributed by atoms with van der Waals surface area (Å²) in [5.41, 5.74) is -0.582. The zero-order chi connectivity index (χ0) is 9.97. The van der Waals surface area contributed by atoms with E-state index in [9.17, 15) is 8.42 Å². The van der Waals surface area contributed by atoms with Gasteiger partial charge < -0.3 is 4.74 Å². The Kier molecular flexibility index (Phi) is 1.52. The van der Waals surface area contributed by atoms with Crippen LogP contribution in [0.15, 0.2) is 12.2 Å². The molecule has 78 valence electrons. The van der Waals surface area contributed by atoms with Crippen molar-refractivity contribution in [1.82, 2.24) is 0 Å². The van der Waals surface area contributed by atoms with Gasteiger partial charge in [0, 0.05) is 6.42 Å². The molecule has 4 unspecified atom stereocenters. The van der Waals surface area contributed by atoms with Gasteiger partial charge in [-0.05, 0) is 13.3 Å². The first kappa shape index (κ1) is 8.88. The molecule has 0 saturated carbocycles.